The number of allylic oxidation sites excluding steroid dienone is 1. The fourth-order valence-corrected chi connectivity index (χ4v) is 3.82. The molecule has 2 saturated heterocycles. The molecule has 0 amide bonds. The lowest BCUT2D eigenvalue weighted by molar-refractivity contribution is -0.151. The van der Waals surface area contributed by atoms with Crippen LogP contribution in [0.4, 0.5) is 0 Å². The molecule has 6 atom stereocenters. The number of fused-ring (bicyclic) bond motifs is 2. The Kier molecular flexibility index (Phi) is 4.84. The molecule has 0 aromatic heterocycles. The van der Waals surface area contributed by atoms with Crippen molar-refractivity contribution < 1.29 is 28.9 Å². The van der Waals surface area contributed by atoms with Crippen LogP contribution in [0.25, 0.3) is 0 Å². The van der Waals surface area contributed by atoms with Crippen LogP contribution in [0.2, 0.25) is 0 Å². The molecule has 3 rings (SSSR count). The first kappa shape index (κ1) is 18.9. The molecule has 2 heterocycles. The zero-order valence-corrected chi connectivity index (χ0v) is 15.5. The minimum atomic E-state index is -1.03. The number of aliphatic hydroxyl groups is 1. The maximum atomic E-state index is 12.4. The molecule has 6 heteroatoms. The third-order valence-electron chi connectivity index (χ3n) is 5.77. The summed E-state index contributed by atoms with van der Waals surface area (Å²) in [6.45, 7) is 13.2. The lowest BCUT2D eigenvalue weighted by Gasteiger charge is -2.32. The zero-order valence-electron chi connectivity index (χ0n) is 15.5. The van der Waals surface area contributed by atoms with Crippen LogP contribution < -0.4 is 0 Å². The van der Waals surface area contributed by atoms with E-state index in [0.29, 0.717) is 30.4 Å². The number of esters is 2. The first-order valence-corrected chi connectivity index (χ1v) is 8.95. The second-order valence-corrected chi connectivity index (χ2v) is 7.60. The van der Waals surface area contributed by atoms with Gasteiger partial charge in [0.05, 0.1) is 17.6 Å². The number of carbonyl (C=O) groups is 2. The van der Waals surface area contributed by atoms with Crippen LogP contribution in [0.5, 0.6) is 0 Å². The summed E-state index contributed by atoms with van der Waals surface area (Å²) in [5.74, 6) is -1.68. The molecule has 26 heavy (non-hydrogen) atoms. The Balaban J connectivity index is 1.96. The van der Waals surface area contributed by atoms with Crippen molar-refractivity contribution in [1.29, 1.82) is 0 Å². The van der Waals surface area contributed by atoms with Crippen molar-refractivity contribution in [2.24, 2.45) is 5.92 Å². The van der Waals surface area contributed by atoms with Crippen molar-refractivity contribution in [3.05, 3.63) is 36.0 Å². The third kappa shape index (κ3) is 3.23. The topological polar surface area (TPSA) is 85.4 Å². The first-order chi connectivity index (χ1) is 12.2. The normalized spacial score (nSPS) is 40.4. The fraction of sp³-hybridized carbons (Fsp3) is 0.600. The summed E-state index contributed by atoms with van der Waals surface area (Å²) in [5, 5.41) is 10.7. The molecular formula is C20H26O6. The fourth-order valence-electron chi connectivity index (χ4n) is 3.82. The summed E-state index contributed by atoms with van der Waals surface area (Å²) in [5.41, 5.74) is 0.822. The highest BCUT2D eigenvalue weighted by molar-refractivity contribution is 5.91. The lowest BCUT2D eigenvalue weighted by atomic mass is 9.79. The van der Waals surface area contributed by atoms with Gasteiger partial charge in [0, 0.05) is 17.6 Å². The number of aliphatic hydroxyl groups excluding tert-OH is 1. The van der Waals surface area contributed by atoms with Crippen LogP contribution in [0.3, 0.4) is 0 Å². The maximum absolute atomic E-state index is 12.4. The van der Waals surface area contributed by atoms with E-state index in [4.69, 9.17) is 14.2 Å². The largest absolute Gasteiger partial charge is 0.458 e. The number of hydrogen-bond acceptors (Lipinski definition) is 6. The van der Waals surface area contributed by atoms with E-state index in [1.165, 1.54) is 0 Å². The van der Waals surface area contributed by atoms with Gasteiger partial charge < -0.3 is 19.3 Å². The molecule has 1 saturated carbocycles. The molecule has 2 aliphatic heterocycles. The van der Waals surface area contributed by atoms with E-state index >= 15 is 0 Å². The molecule has 0 aromatic carbocycles. The molecule has 0 spiro atoms. The number of carbonyl (C=O) groups excluding carboxylic acids is 2. The van der Waals surface area contributed by atoms with Crippen LogP contribution in [0.1, 0.15) is 40.0 Å². The molecule has 142 valence electrons. The highest BCUT2D eigenvalue weighted by Crippen LogP contribution is 2.48. The van der Waals surface area contributed by atoms with Gasteiger partial charge in [-0.3, -0.25) is 0 Å². The third-order valence-corrected chi connectivity index (χ3v) is 5.77. The average Bonchev–Trinajstić information content (AvgIpc) is 3.15. The molecule has 3 aliphatic rings. The molecule has 1 aliphatic carbocycles. The molecule has 0 radical (unpaired) electrons. The van der Waals surface area contributed by atoms with Gasteiger partial charge in [-0.25, -0.2) is 9.59 Å². The minimum absolute atomic E-state index is 0.0123. The summed E-state index contributed by atoms with van der Waals surface area (Å²) in [7, 11) is 0. The smallest absolute Gasteiger partial charge is 0.334 e. The summed E-state index contributed by atoms with van der Waals surface area (Å²) in [6, 6.07) is 0. The van der Waals surface area contributed by atoms with E-state index in [1.54, 1.807) is 19.9 Å². The number of hydrogen-bond donors (Lipinski definition) is 1. The average molecular weight is 362 g/mol. The van der Waals surface area contributed by atoms with Crippen LogP contribution in [-0.2, 0) is 23.8 Å². The Bertz CT molecular complexity index is 692. The summed E-state index contributed by atoms with van der Waals surface area (Å²) in [4.78, 5) is 24.5. The molecular weight excluding hydrogens is 336 g/mol. The van der Waals surface area contributed by atoms with Gasteiger partial charge in [0.1, 0.15) is 18.3 Å². The van der Waals surface area contributed by atoms with E-state index in [2.05, 4.69) is 13.2 Å². The van der Waals surface area contributed by atoms with E-state index in [1.807, 2.05) is 6.92 Å². The monoisotopic (exact) mass is 362 g/mol. The Morgan fingerprint density at radius 1 is 1.42 bits per heavy atom. The van der Waals surface area contributed by atoms with Gasteiger partial charge in [0.25, 0.3) is 0 Å². The van der Waals surface area contributed by atoms with Crippen molar-refractivity contribution >= 4 is 11.9 Å². The van der Waals surface area contributed by atoms with Crippen LogP contribution in [0, 0.1) is 5.92 Å². The van der Waals surface area contributed by atoms with Gasteiger partial charge in [-0.05, 0) is 39.2 Å². The minimum Gasteiger partial charge on any atom is -0.458 e. The van der Waals surface area contributed by atoms with Gasteiger partial charge in [0.2, 0.25) is 0 Å². The Hall–Kier alpha value is -1.92. The molecule has 3 fully saturated rings. The predicted octanol–water partition coefficient (Wildman–Crippen LogP) is 2.22. The van der Waals surface area contributed by atoms with E-state index in [0.717, 1.165) is 0 Å². The Morgan fingerprint density at radius 3 is 2.77 bits per heavy atom. The van der Waals surface area contributed by atoms with Crippen molar-refractivity contribution in [1.82, 2.24) is 0 Å². The summed E-state index contributed by atoms with van der Waals surface area (Å²) < 4.78 is 17.0. The number of epoxide rings is 1. The standard InChI is InChI=1S/C20H26O6/c1-6-10(2)18(22)24-13-9-20(5)14(26-20)8-7-11(3)16(21)17-15(13)12(4)19(23)25-17/h6,13-17,21H,3-4,7-9H2,1-2,5H3. The summed E-state index contributed by atoms with van der Waals surface area (Å²) >= 11 is 0. The summed E-state index contributed by atoms with van der Waals surface area (Å²) in [6.07, 6.45) is 0.816. The van der Waals surface area contributed by atoms with Gasteiger partial charge in [-0.2, -0.15) is 0 Å². The predicted molar refractivity (Wildman–Crippen MR) is 94.1 cm³/mol. The Morgan fingerprint density at radius 2 is 2.12 bits per heavy atom. The van der Waals surface area contributed by atoms with Crippen molar-refractivity contribution in [2.75, 3.05) is 0 Å². The van der Waals surface area contributed by atoms with Crippen molar-refractivity contribution in [3.63, 3.8) is 0 Å². The highest BCUT2D eigenvalue weighted by Gasteiger charge is 2.58. The molecule has 6 nitrogen and oxygen atoms in total. The maximum Gasteiger partial charge on any atom is 0.334 e. The van der Waals surface area contributed by atoms with E-state index in [9.17, 15) is 14.7 Å². The van der Waals surface area contributed by atoms with E-state index in [-0.39, 0.29) is 11.7 Å². The number of ether oxygens (including phenoxy) is 3. The highest BCUT2D eigenvalue weighted by atomic mass is 16.6. The molecule has 0 bridgehead atoms. The Labute approximate surface area is 153 Å². The molecule has 1 N–H and O–H groups in total. The second kappa shape index (κ2) is 6.67. The zero-order chi connectivity index (χ0) is 19.2. The lowest BCUT2D eigenvalue weighted by Crippen LogP contribution is -2.43. The van der Waals surface area contributed by atoms with Crippen molar-refractivity contribution in [3.8, 4) is 0 Å². The molecule has 6 unspecified atom stereocenters. The quantitative estimate of drug-likeness (QED) is 0.351. The van der Waals surface area contributed by atoms with E-state index < -0.39 is 41.8 Å². The first-order valence-electron chi connectivity index (χ1n) is 8.95. The van der Waals surface area contributed by atoms with Gasteiger partial charge in [0.15, 0.2) is 0 Å². The van der Waals surface area contributed by atoms with Crippen LogP contribution >= 0.6 is 0 Å². The van der Waals surface area contributed by atoms with Gasteiger partial charge in [-0.1, -0.05) is 19.2 Å². The van der Waals surface area contributed by atoms with Gasteiger partial charge >= 0.3 is 11.9 Å². The van der Waals surface area contributed by atoms with Gasteiger partial charge in [-0.15, -0.1) is 0 Å². The van der Waals surface area contributed by atoms with Crippen molar-refractivity contribution in [2.45, 2.75) is 70.1 Å². The molecule has 0 aromatic rings. The SMILES string of the molecule is C=C1CCC2OC2(C)CC(OC(=O)C(C)=CC)C2C(=C)C(=O)OC2C1O. The second-order valence-electron chi connectivity index (χ2n) is 7.60. The van der Waals surface area contributed by atoms with Crippen LogP contribution in [0.15, 0.2) is 36.0 Å². The van der Waals surface area contributed by atoms with Crippen LogP contribution in [-0.4, -0.2) is 47.1 Å². The number of rotatable bonds is 2.